The monoisotopic (exact) mass is 275 g/mol. The van der Waals surface area contributed by atoms with Gasteiger partial charge in [-0.3, -0.25) is 4.99 Å². The molecule has 0 spiro atoms. The first-order chi connectivity index (χ1) is 9.60. The van der Waals surface area contributed by atoms with Crippen molar-refractivity contribution in [2.24, 2.45) is 4.99 Å². The topological polar surface area (TPSA) is 92.3 Å². The molecule has 104 valence electrons. The predicted molar refractivity (Wildman–Crippen MR) is 71.7 cm³/mol. The van der Waals surface area contributed by atoms with Crippen molar-refractivity contribution in [3.63, 3.8) is 0 Å². The van der Waals surface area contributed by atoms with E-state index < -0.39 is 5.97 Å². The lowest BCUT2D eigenvalue weighted by Crippen LogP contribution is -1.95. The maximum absolute atomic E-state index is 10.8. The average molecular weight is 275 g/mol. The summed E-state index contributed by atoms with van der Waals surface area (Å²) < 4.78 is 10.3. The van der Waals surface area contributed by atoms with Crippen molar-refractivity contribution in [3.8, 4) is 5.75 Å². The number of carbonyl (C=O) groups is 1. The van der Waals surface area contributed by atoms with Gasteiger partial charge in [-0.15, -0.1) is 0 Å². The van der Waals surface area contributed by atoms with E-state index in [9.17, 15) is 9.90 Å². The number of nitrogens with zero attached hydrogens (tertiary/aromatic N) is 1. The van der Waals surface area contributed by atoms with Gasteiger partial charge < -0.3 is 19.4 Å². The Morgan fingerprint density at radius 2 is 2.20 bits per heavy atom. The highest BCUT2D eigenvalue weighted by Crippen LogP contribution is 2.23. The first-order valence-electron chi connectivity index (χ1n) is 5.78. The van der Waals surface area contributed by atoms with Crippen LogP contribution in [0.15, 0.2) is 39.7 Å². The van der Waals surface area contributed by atoms with Crippen molar-refractivity contribution in [2.75, 3.05) is 7.11 Å². The third kappa shape index (κ3) is 3.24. The molecule has 0 aliphatic heterocycles. The lowest BCUT2D eigenvalue weighted by Gasteiger charge is -1.99. The fourth-order valence-electron chi connectivity index (χ4n) is 1.60. The van der Waals surface area contributed by atoms with Crippen molar-refractivity contribution in [2.45, 2.75) is 6.61 Å². The molecule has 0 fully saturated rings. The molecular weight excluding hydrogens is 262 g/mol. The summed E-state index contributed by atoms with van der Waals surface area (Å²) in [6.45, 7) is 0.377. The molecule has 20 heavy (non-hydrogen) atoms. The van der Waals surface area contributed by atoms with Gasteiger partial charge in [0.15, 0.2) is 0 Å². The summed E-state index contributed by atoms with van der Waals surface area (Å²) in [4.78, 5) is 14.9. The number of ether oxygens (including phenoxy) is 1. The molecule has 0 amide bonds. The van der Waals surface area contributed by atoms with Gasteiger partial charge in [-0.05, 0) is 24.3 Å². The van der Waals surface area contributed by atoms with Crippen molar-refractivity contribution in [3.05, 3.63) is 47.4 Å². The molecule has 0 bridgehead atoms. The average Bonchev–Trinajstić information content (AvgIpc) is 2.84. The number of phenols is 1. The Bertz CT molecular complexity index is 645. The van der Waals surface area contributed by atoms with E-state index >= 15 is 0 Å². The van der Waals surface area contributed by atoms with Crippen molar-refractivity contribution < 1.29 is 24.2 Å². The van der Waals surface area contributed by atoms with Crippen LogP contribution in [0.5, 0.6) is 5.75 Å². The second kappa shape index (κ2) is 6.03. The number of carboxylic acid groups (broad SMARTS) is 1. The van der Waals surface area contributed by atoms with E-state index in [4.69, 9.17) is 14.3 Å². The highest BCUT2D eigenvalue weighted by molar-refractivity contribution is 5.91. The van der Waals surface area contributed by atoms with Crippen LogP contribution in [0.3, 0.4) is 0 Å². The molecule has 0 aliphatic rings. The molecule has 0 aliphatic carbocycles. The number of hydrogen-bond acceptors (Lipinski definition) is 5. The standard InChI is InChI=1S/C14H13NO5/c1-19-8-11-4-3-10(20-11)7-15-9-2-5-12(14(17)18)13(16)6-9/h2-7,16H,8H2,1H3,(H,17,18). The zero-order chi connectivity index (χ0) is 14.5. The minimum absolute atomic E-state index is 0.163. The lowest BCUT2D eigenvalue weighted by atomic mass is 10.2. The van der Waals surface area contributed by atoms with E-state index in [0.717, 1.165) is 0 Å². The Morgan fingerprint density at radius 3 is 2.85 bits per heavy atom. The lowest BCUT2D eigenvalue weighted by molar-refractivity contribution is 0.0694. The number of rotatable bonds is 5. The third-order valence-electron chi connectivity index (χ3n) is 2.52. The second-order valence-corrected chi connectivity index (χ2v) is 4.00. The number of methoxy groups -OCH3 is 1. The first kappa shape index (κ1) is 13.8. The molecule has 2 aromatic rings. The largest absolute Gasteiger partial charge is 0.507 e. The smallest absolute Gasteiger partial charge is 0.339 e. The van der Waals surface area contributed by atoms with Crippen LogP contribution in [0.2, 0.25) is 0 Å². The Labute approximate surface area is 115 Å². The molecule has 1 heterocycles. The van der Waals surface area contributed by atoms with Gasteiger partial charge in [0.1, 0.15) is 29.4 Å². The maximum Gasteiger partial charge on any atom is 0.339 e. The number of carboxylic acids is 1. The summed E-state index contributed by atoms with van der Waals surface area (Å²) in [6.07, 6.45) is 1.48. The van der Waals surface area contributed by atoms with Gasteiger partial charge in [-0.25, -0.2) is 4.79 Å². The van der Waals surface area contributed by atoms with Gasteiger partial charge in [0.2, 0.25) is 0 Å². The summed E-state index contributed by atoms with van der Waals surface area (Å²) in [5.74, 6) is -0.295. The van der Waals surface area contributed by atoms with E-state index in [-0.39, 0.29) is 11.3 Å². The van der Waals surface area contributed by atoms with Crippen LogP contribution in [-0.4, -0.2) is 29.5 Å². The highest BCUT2D eigenvalue weighted by Gasteiger charge is 2.09. The first-order valence-corrected chi connectivity index (χ1v) is 5.78. The van der Waals surface area contributed by atoms with E-state index in [1.54, 1.807) is 19.2 Å². The Morgan fingerprint density at radius 1 is 1.40 bits per heavy atom. The molecule has 1 aromatic heterocycles. The normalized spacial score (nSPS) is 11.1. The van der Waals surface area contributed by atoms with Gasteiger partial charge in [-0.2, -0.15) is 0 Å². The van der Waals surface area contributed by atoms with Gasteiger partial charge in [0.25, 0.3) is 0 Å². The van der Waals surface area contributed by atoms with Crippen LogP contribution in [-0.2, 0) is 11.3 Å². The van der Waals surface area contributed by atoms with Crippen LogP contribution in [0.4, 0.5) is 5.69 Å². The van der Waals surface area contributed by atoms with Gasteiger partial charge >= 0.3 is 5.97 Å². The van der Waals surface area contributed by atoms with E-state index in [1.807, 2.05) is 0 Å². The molecule has 0 saturated heterocycles. The molecule has 0 saturated carbocycles. The number of aliphatic imine (C=N–C) groups is 1. The maximum atomic E-state index is 10.8. The van der Waals surface area contributed by atoms with Crippen LogP contribution in [0.1, 0.15) is 21.9 Å². The Hall–Kier alpha value is -2.60. The highest BCUT2D eigenvalue weighted by atomic mass is 16.5. The molecular formula is C14H13NO5. The van der Waals surface area contributed by atoms with Crippen LogP contribution in [0.25, 0.3) is 0 Å². The summed E-state index contributed by atoms with van der Waals surface area (Å²) in [7, 11) is 1.57. The van der Waals surface area contributed by atoms with Crippen molar-refractivity contribution in [1.29, 1.82) is 0 Å². The molecule has 2 N–H and O–H groups in total. The Kier molecular flexibility index (Phi) is 4.17. The van der Waals surface area contributed by atoms with Gasteiger partial charge in [0.05, 0.1) is 11.9 Å². The number of aromatic carboxylic acids is 1. The molecule has 1 aromatic carbocycles. The van der Waals surface area contributed by atoms with Crippen LogP contribution in [0, 0.1) is 0 Å². The van der Waals surface area contributed by atoms with Gasteiger partial charge in [-0.1, -0.05) is 0 Å². The molecule has 0 radical (unpaired) electrons. The van der Waals surface area contributed by atoms with E-state index in [0.29, 0.717) is 23.8 Å². The van der Waals surface area contributed by atoms with E-state index in [1.165, 1.54) is 24.4 Å². The molecule has 0 atom stereocenters. The molecule has 0 unspecified atom stereocenters. The van der Waals surface area contributed by atoms with Crippen LogP contribution >= 0.6 is 0 Å². The van der Waals surface area contributed by atoms with Crippen molar-refractivity contribution >= 4 is 17.9 Å². The summed E-state index contributed by atoms with van der Waals surface area (Å²) in [5.41, 5.74) is 0.265. The summed E-state index contributed by atoms with van der Waals surface area (Å²) in [6, 6.07) is 7.58. The Balaban J connectivity index is 2.14. The molecule has 6 nitrogen and oxygen atoms in total. The van der Waals surface area contributed by atoms with E-state index in [2.05, 4.69) is 4.99 Å². The van der Waals surface area contributed by atoms with Crippen molar-refractivity contribution in [1.82, 2.24) is 0 Å². The third-order valence-corrected chi connectivity index (χ3v) is 2.52. The second-order valence-electron chi connectivity index (χ2n) is 4.00. The summed E-state index contributed by atoms with van der Waals surface area (Å²) in [5, 5.41) is 18.3. The molecule has 2 rings (SSSR count). The summed E-state index contributed by atoms with van der Waals surface area (Å²) >= 11 is 0. The minimum Gasteiger partial charge on any atom is -0.507 e. The zero-order valence-corrected chi connectivity index (χ0v) is 10.7. The zero-order valence-electron chi connectivity index (χ0n) is 10.7. The van der Waals surface area contributed by atoms with Gasteiger partial charge in [0, 0.05) is 13.2 Å². The SMILES string of the molecule is COCc1ccc(C=Nc2ccc(C(=O)O)c(O)c2)o1. The van der Waals surface area contributed by atoms with Crippen LogP contribution < -0.4 is 0 Å². The molecule has 6 heteroatoms. The number of hydrogen-bond donors (Lipinski definition) is 2. The quantitative estimate of drug-likeness (QED) is 0.818. The number of aromatic hydroxyl groups is 1. The fraction of sp³-hybridized carbons (Fsp3) is 0.143. The fourth-order valence-corrected chi connectivity index (χ4v) is 1.60. The predicted octanol–water partition coefficient (Wildman–Crippen LogP) is 2.58. The number of benzene rings is 1. The number of furan rings is 1. The minimum atomic E-state index is -1.19.